The van der Waals surface area contributed by atoms with Crippen molar-refractivity contribution < 1.29 is 4.74 Å². The van der Waals surface area contributed by atoms with Gasteiger partial charge in [0.15, 0.2) is 0 Å². The fourth-order valence-electron chi connectivity index (χ4n) is 2.92. The van der Waals surface area contributed by atoms with Gasteiger partial charge in [-0.2, -0.15) is 0 Å². The Morgan fingerprint density at radius 2 is 1.39 bits per heavy atom. The predicted octanol–water partition coefficient (Wildman–Crippen LogP) is 4.43. The van der Waals surface area contributed by atoms with Crippen molar-refractivity contribution in [3.05, 3.63) is 28.8 Å². The minimum absolute atomic E-state index is 0.824. The first kappa shape index (κ1) is 20.0. The molecule has 0 fully saturated rings. The normalized spacial score (nSPS) is 11.0. The van der Waals surface area contributed by atoms with Gasteiger partial charge in [0.2, 0.25) is 0 Å². The minimum Gasteiger partial charge on any atom is -0.493 e. The molecule has 0 aliphatic carbocycles. The van der Waals surface area contributed by atoms with E-state index in [-0.39, 0.29) is 0 Å². The van der Waals surface area contributed by atoms with Crippen LogP contribution in [-0.4, -0.2) is 20.7 Å². The van der Waals surface area contributed by atoms with Crippen molar-refractivity contribution in [2.75, 3.05) is 20.7 Å². The molecule has 1 aromatic rings. The summed E-state index contributed by atoms with van der Waals surface area (Å²) >= 11 is 0. The fraction of sp³-hybridized carbons (Fsp3) is 0.700. The summed E-state index contributed by atoms with van der Waals surface area (Å²) in [7, 11) is 3.99. The molecule has 132 valence electrons. The Bertz CT molecular complexity index is 405. The Morgan fingerprint density at radius 1 is 0.826 bits per heavy atom. The molecule has 1 aromatic carbocycles. The third kappa shape index (κ3) is 7.36. The van der Waals surface area contributed by atoms with Gasteiger partial charge in [-0.05, 0) is 32.5 Å². The summed E-state index contributed by atoms with van der Waals surface area (Å²) in [5.41, 5.74) is 3.94. The first-order valence-electron chi connectivity index (χ1n) is 9.33. The molecule has 0 aliphatic heterocycles. The van der Waals surface area contributed by atoms with Gasteiger partial charge in [-0.25, -0.2) is 0 Å². The SMILES string of the molecule is CCCCCCCCOc1c(CNC)cc(CC)cc1CNC. The number of unbranched alkanes of at least 4 members (excludes halogenated alkanes) is 5. The highest BCUT2D eigenvalue weighted by Gasteiger charge is 2.11. The van der Waals surface area contributed by atoms with Gasteiger partial charge >= 0.3 is 0 Å². The molecular weight excluding hydrogens is 284 g/mol. The molecule has 0 unspecified atom stereocenters. The summed E-state index contributed by atoms with van der Waals surface area (Å²) in [4.78, 5) is 0. The minimum atomic E-state index is 0.824. The first-order valence-corrected chi connectivity index (χ1v) is 9.33. The Morgan fingerprint density at radius 3 is 1.91 bits per heavy atom. The van der Waals surface area contributed by atoms with E-state index in [0.29, 0.717) is 0 Å². The average molecular weight is 321 g/mol. The smallest absolute Gasteiger partial charge is 0.128 e. The van der Waals surface area contributed by atoms with Crippen molar-refractivity contribution in [2.24, 2.45) is 0 Å². The predicted molar refractivity (Wildman–Crippen MR) is 100 cm³/mol. The van der Waals surface area contributed by atoms with Gasteiger partial charge in [-0.3, -0.25) is 0 Å². The number of hydrogen-bond acceptors (Lipinski definition) is 3. The van der Waals surface area contributed by atoms with E-state index in [1.165, 1.54) is 48.8 Å². The van der Waals surface area contributed by atoms with Gasteiger partial charge in [0, 0.05) is 24.2 Å². The second kappa shape index (κ2) is 12.4. The topological polar surface area (TPSA) is 33.3 Å². The van der Waals surface area contributed by atoms with Crippen molar-refractivity contribution >= 4 is 0 Å². The molecule has 3 nitrogen and oxygen atoms in total. The fourth-order valence-corrected chi connectivity index (χ4v) is 2.92. The Kier molecular flexibility index (Phi) is 10.8. The molecule has 0 bridgehead atoms. The molecule has 0 amide bonds. The van der Waals surface area contributed by atoms with Crippen LogP contribution in [0.2, 0.25) is 0 Å². The highest BCUT2D eigenvalue weighted by molar-refractivity contribution is 5.45. The standard InChI is InChI=1S/C20H36N2O/c1-5-7-8-9-10-11-12-23-20-18(15-21-3)13-17(6-2)14-19(20)16-22-4/h13-14,21-22H,5-12,15-16H2,1-4H3. The summed E-state index contributed by atoms with van der Waals surface area (Å²) in [6.07, 6.45) is 8.84. The van der Waals surface area contributed by atoms with Crippen LogP contribution in [0.15, 0.2) is 12.1 Å². The van der Waals surface area contributed by atoms with Gasteiger partial charge in [-0.1, -0.05) is 58.1 Å². The summed E-state index contributed by atoms with van der Waals surface area (Å²) in [6, 6.07) is 4.57. The molecule has 0 aliphatic rings. The molecule has 23 heavy (non-hydrogen) atoms. The lowest BCUT2D eigenvalue weighted by molar-refractivity contribution is 0.297. The second-order valence-corrected chi connectivity index (χ2v) is 6.27. The molecule has 2 N–H and O–H groups in total. The first-order chi connectivity index (χ1) is 11.3. The van der Waals surface area contributed by atoms with Crippen LogP contribution in [0.4, 0.5) is 0 Å². The van der Waals surface area contributed by atoms with E-state index < -0.39 is 0 Å². The van der Waals surface area contributed by atoms with E-state index in [1.807, 2.05) is 14.1 Å². The zero-order chi connectivity index (χ0) is 16.9. The van der Waals surface area contributed by atoms with Gasteiger partial charge in [0.25, 0.3) is 0 Å². The van der Waals surface area contributed by atoms with E-state index in [9.17, 15) is 0 Å². The molecule has 0 heterocycles. The number of benzene rings is 1. The van der Waals surface area contributed by atoms with Crippen LogP contribution in [0, 0.1) is 0 Å². The Hall–Kier alpha value is -1.06. The van der Waals surface area contributed by atoms with Crippen LogP contribution in [0.25, 0.3) is 0 Å². The third-order valence-corrected chi connectivity index (χ3v) is 4.19. The van der Waals surface area contributed by atoms with Gasteiger partial charge < -0.3 is 15.4 Å². The van der Waals surface area contributed by atoms with Crippen molar-refractivity contribution in [2.45, 2.75) is 71.9 Å². The van der Waals surface area contributed by atoms with Crippen LogP contribution in [0.3, 0.4) is 0 Å². The zero-order valence-corrected chi connectivity index (χ0v) is 15.6. The van der Waals surface area contributed by atoms with Crippen molar-refractivity contribution in [3.8, 4) is 5.75 Å². The van der Waals surface area contributed by atoms with Crippen molar-refractivity contribution in [1.82, 2.24) is 10.6 Å². The number of nitrogens with one attached hydrogen (secondary N) is 2. The molecule has 0 radical (unpaired) electrons. The number of hydrogen-bond donors (Lipinski definition) is 2. The summed E-state index contributed by atoms with van der Waals surface area (Å²) in [6.45, 7) is 7.01. The van der Waals surface area contributed by atoms with E-state index in [1.54, 1.807) is 0 Å². The van der Waals surface area contributed by atoms with Gasteiger partial charge in [-0.15, -0.1) is 0 Å². The number of aryl methyl sites for hydroxylation is 1. The molecule has 0 spiro atoms. The maximum atomic E-state index is 6.20. The monoisotopic (exact) mass is 320 g/mol. The summed E-state index contributed by atoms with van der Waals surface area (Å²) in [5.74, 6) is 1.08. The van der Waals surface area contributed by atoms with E-state index in [4.69, 9.17) is 4.74 Å². The van der Waals surface area contributed by atoms with Crippen LogP contribution >= 0.6 is 0 Å². The number of ether oxygens (including phenoxy) is 1. The lowest BCUT2D eigenvalue weighted by atomic mass is 10.0. The Balaban J connectivity index is 2.66. The highest BCUT2D eigenvalue weighted by atomic mass is 16.5. The Labute approximate surface area is 143 Å². The average Bonchev–Trinajstić information content (AvgIpc) is 2.56. The molecule has 0 atom stereocenters. The summed E-state index contributed by atoms with van der Waals surface area (Å²) < 4.78 is 6.20. The molecule has 1 rings (SSSR count). The maximum absolute atomic E-state index is 6.20. The van der Waals surface area contributed by atoms with E-state index in [0.717, 1.165) is 38.3 Å². The lowest BCUT2D eigenvalue weighted by Gasteiger charge is -2.18. The maximum Gasteiger partial charge on any atom is 0.128 e. The van der Waals surface area contributed by atoms with Gasteiger partial charge in [0.05, 0.1) is 6.61 Å². The number of rotatable bonds is 13. The van der Waals surface area contributed by atoms with Crippen LogP contribution < -0.4 is 15.4 Å². The van der Waals surface area contributed by atoms with Crippen LogP contribution in [-0.2, 0) is 19.5 Å². The molecular formula is C20H36N2O. The van der Waals surface area contributed by atoms with Gasteiger partial charge in [0.1, 0.15) is 5.75 Å². The lowest BCUT2D eigenvalue weighted by Crippen LogP contribution is -2.13. The third-order valence-electron chi connectivity index (χ3n) is 4.19. The van der Waals surface area contributed by atoms with Crippen LogP contribution in [0.5, 0.6) is 5.75 Å². The summed E-state index contributed by atoms with van der Waals surface area (Å²) in [5, 5.41) is 6.54. The van der Waals surface area contributed by atoms with Crippen molar-refractivity contribution in [1.29, 1.82) is 0 Å². The quantitative estimate of drug-likeness (QED) is 0.528. The van der Waals surface area contributed by atoms with E-state index >= 15 is 0 Å². The largest absolute Gasteiger partial charge is 0.493 e. The van der Waals surface area contributed by atoms with Crippen molar-refractivity contribution in [3.63, 3.8) is 0 Å². The zero-order valence-electron chi connectivity index (χ0n) is 15.6. The molecule has 3 heteroatoms. The molecule has 0 saturated carbocycles. The molecule has 0 saturated heterocycles. The second-order valence-electron chi connectivity index (χ2n) is 6.27. The van der Waals surface area contributed by atoms with E-state index in [2.05, 4.69) is 36.6 Å². The molecule has 0 aromatic heterocycles. The van der Waals surface area contributed by atoms with Crippen LogP contribution in [0.1, 0.15) is 69.1 Å². The highest BCUT2D eigenvalue weighted by Crippen LogP contribution is 2.27.